The number of halogens is 2. The molecule has 2 aromatic rings. The Morgan fingerprint density at radius 3 is 2.76 bits per heavy atom. The van der Waals surface area contributed by atoms with Gasteiger partial charge in [0.25, 0.3) is 0 Å². The van der Waals surface area contributed by atoms with Crippen molar-refractivity contribution in [2.24, 2.45) is 0 Å². The molecule has 1 heterocycles. The lowest BCUT2D eigenvalue weighted by atomic mass is 10.2. The normalized spacial score (nSPS) is 13.3. The maximum atomic E-state index is 13.1. The third kappa shape index (κ3) is 2.93. The largest absolute Gasteiger partial charge is 0.311 e. The molecule has 0 atom stereocenters. The summed E-state index contributed by atoms with van der Waals surface area (Å²) >= 11 is 1.22. The van der Waals surface area contributed by atoms with Gasteiger partial charge >= 0.3 is 0 Å². The van der Waals surface area contributed by atoms with E-state index in [0.29, 0.717) is 11.4 Å². The van der Waals surface area contributed by atoms with E-state index in [9.17, 15) is 13.6 Å². The lowest BCUT2D eigenvalue weighted by molar-refractivity contribution is -0.116. The van der Waals surface area contributed by atoms with E-state index in [1.54, 1.807) is 4.90 Å². The first-order valence-electron chi connectivity index (χ1n) is 6.61. The Morgan fingerprint density at radius 1 is 1.14 bits per heavy atom. The van der Waals surface area contributed by atoms with Crippen molar-refractivity contribution in [1.29, 1.82) is 0 Å². The molecule has 1 amide bonds. The maximum Gasteiger partial charge on any atom is 0.237 e. The van der Waals surface area contributed by atoms with Crippen LogP contribution in [-0.2, 0) is 11.2 Å². The van der Waals surface area contributed by atoms with Crippen molar-refractivity contribution < 1.29 is 13.6 Å². The number of para-hydroxylation sites is 1. The van der Waals surface area contributed by atoms with Crippen molar-refractivity contribution in [3.05, 3.63) is 59.7 Å². The summed E-state index contributed by atoms with van der Waals surface area (Å²) in [6, 6.07) is 11.5. The second-order valence-electron chi connectivity index (χ2n) is 4.79. The second kappa shape index (κ2) is 5.85. The maximum absolute atomic E-state index is 13.1. The summed E-state index contributed by atoms with van der Waals surface area (Å²) in [6.45, 7) is 0.677. The highest BCUT2D eigenvalue weighted by Crippen LogP contribution is 2.29. The molecule has 0 aliphatic carbocycles. The minimum Gasteiger partial charge on any atom is -0.311 e. The first-order chi connectivity index (χ1) is 10.1. The van der Waals surface area contributed by atoms with Crippen LogP contribution in [0.3, 0.4) is 0 Å². The number of benzene rings is 2. The van der Waals surface area contributed by atoms with Gasteiger partial charge in [-0.15, -0.1) is 11.8 Å². The van der Waals surface area contributed by atoms with Gasteiger partial charge in [-0.2, -0.15) is 0 Å². The molecule has 0 radical (unpaired) electrons. The molecule has 0 saturated carbocycles. The average Bonchev–Trinajstić information content (AvgIpc) is 2.92. The standard InChI is InChI=1S/C16H13F2NOS/c17-13-6-5-12(9-14(13)18)21-10-16(20)19-8-7-11-3-1-2-4-15(11)19/h1-6,9H,7-8,10H2. The molecule has 5 heteroatoms. The first kappa shape index (κ1) is 14.1. The quantitative estimate of drug-likeness (QED) is 0.807. The molecule has 0 saturated heterocycles. The predicted octanol–water partition coefficient (Wildman–Crippen LogP) is 3.65. The molecule has 2 nitrogen and oxygen atoms in total. The molecule has 108 valence electrons. The zero-order valence-electron chi connectivity index (χ0n) is 11.2. The summed E-state index contributed by atoms with van der Waals surface area (Å²) in [4.78, 5) is 14.6. The van der Waals surface area contributed by atoms with Crippen LogP contribution >= 0.6 is 11.8 Å². The van der Waals surface area contributed by atoms with Crippen molar-refractivity contribution in [3.8, 4) is 0 Å². The molecule has 0 unspecified atom stereocenters. The summed E-state index contributed by atoms with van der Waals surface area (Å²) in [5.41, 5.74) is 2.12. The number of fused-ring (bicyclic) bond motifs is 1. The van der Waals surface area contributed by atoms with Gasteiger partial charge in [-0.1, -0.05) is 18.2 Å². The number of rotatable bonds is 3. The van der Waals surface area contributed by atoms with Gasteiger partial charge in [-0.3, -0.25) is 4.79 Å². The van der Waals surface area contributed by atoms with Crippen molar-refractivity contribution in [2.75, 3.05) is 17.2 Å². The van der Waals surface area contributed by atoms with Crippen LogP contribution in [0.15, 0.2) is 47.4 Å². The molecule has 1 aliphatic heterocycles. The van der Waals surface area contributed by atoms with Crippen molar-refractivity contribution >= 4 is 23.4 Å². The van der Waals surface area contributed by atoms with Crippen LogP contribution in [0, 0.1) is 11.6 Å². The number of nitrogens with zero attached hydrogens (tertiary/aromatic N) is 1. The molecule has 3 rings (SSSR count). The summed E-state index contributed by atoms with van der Waals surface area (Å²) in [5, 5.41) is 0. The van der Waals surface area contributed by atoms with E-state index in [1.807, 2.05) is 24.3 Å². The van der Waals surface area contributed by atoms with E-state index in [1.165, 1.54) is 23.4 Å². The fourth-order valence-corrected chi connectivity index (χ4v) is 3.18. The molecule has 2 aromatic carbocycles. The number of anilines is 1. The lowest BCUT2D eigenvalue weighted by Gasteiger charge is -2.17. The van der Waals surface area contributed by atoms with Gasteiger partial charge in [-0.05, 0) is 36.2 Å². The second-order valence-corrected chi connectivity index (χ2v) is 5.84. The Labute approximate surface area is 125 Å². The topological polar surface area (TPSA) is 20.3 Å². The molecule has 0 aromatic heterocycles. The Kier molecular flexibility index (Phi) is 3.92. The minimum absolute atomic E-state index is 0.0188. The zero-order valence-corrected chi connectivity index (χ0v) is 12.0. The fourth-order valence-electron chi connectivity index (χ4n) is 2.39. The van der Waals surface area contributed by atoms with Crippen LogP contribution in [0.5, 0.6) is 0 Å². The van der Waals surface area contributed by atoms with E-state index in [0.717, 1.165) is 24.2 Å². The summed E-state index contributed by atoms with van der Waals surface area (Å²) in [6.07, 6.45) is 0.859. The van der Waals surface area contributed by atoms with Crippen LogP contribution < -0.4 is 4.90 Å². The van der Waals surface area contributed by atoms with Gasteiger partial charge < -0.3 is 4.90 Å². The van der Waals surface area contributed by atoms with Crippen LogP contribution in [-0.4, -0.2) is 18.2 Å². The zero-order chi connectivity index (χ0) is 14.8. The molecular formula is C16H13F2NOS. The smallest absolute Gasteiger partial charge is 0.237 e. The number of thioether (sulfide) groups is 1. The summed E-state index contributed by atoms with van der Waals surface area (Å²) in [7, 11) is 0. The number of hydrogen-bond donors (Lipinski definition) is 0. The molecule has 0 fully saturated rings. The fraction of sp³-hybridized carbons (Fsp3) is 0.188. The molecule has 0 bridgehead atoms. The number of hydrogen-bond acceptors (Lipinski definition) is 2. The van der Waals surface area contributed by atoms with Crippen LogP contribution in [0.25, 0.3) is 0 Å². The van der Waals surface area contributed by atoms with Gasteiger partial charge in [0.1, 0.15) is 0 Å². The molecule has 0 spiro atoms. The van der Waals surface area contributed by atoms with Gasteiger partial charge in [0.2, 0.25) is 5.91 Å². The number of carbonyl (C=O) groups excluding carboxylic acids is 1. The average molecular weight is 305 g/mol. The number of amides is 1. The van der Waals surface area contributed by atoms with Crippen molar-refractivity contribution in [3.63, 3.8) is 0 Å². The van der Waals surface area contributed by atoms with E-state index in [4.69, 9.17) is 0 Å². The third-order valence-electron chi connectivity index (χ3n) is 3.44. The van der Waals surface area contributed by atoms with Crippen LogP contribution in [0.4, 0.5) is 14.5 Å². The molecule has 0 N–H and O–H groups in total. The van der Waals surface area contributed by atoms with Crippen LogP contribution in [0.2, 0.25) is 0 Å². The Morgan fingerprint density at radius 2 is 1.95 bits per heavy atom. The summed E-state index contributed by atoms with van der Waals surface area (Å²) < 4.78 is 26.0. The summed E-state index contributed by atoms with van der Waals surface area (Å²) in [5.74, 6) is -1.58. The SMILES string of the molecule is O=C(CSc1ccc(F)c(F)c1)N1CCc2ccccc21. The Bertz CT molecular complexity index is 690. The van der Waals surface area contributed by atoms with E-state index in [2.05, 4.69) is 0 Å². The third-order valence-corrected chi connectivity index (χ3v) is 4.42. The van der Waals surface area contributed by atoms with Crippen molar-refractivity contribution in [2.45, 2.75) is 11.3 Å². The van der Waals surface area contributed by atoms with Crippen LogP contribution in [0.1, 0.15) is 5.56 Å². The highest BCUT2D eigenvalue weighted by Gasteiger charge is 2.23. The number of carbonyl (C=O) groups is 1. The minimum atomic E-state index is -0.890. The van der Waals surface area contributed by atoms with Gasteiger partial charge in [0.15, 0.2) is 11.6 Å². The van der Waals surface area contributed by atoms with Gasteiger partial charge in [0, 0.05) is 17.1 Å². The van der Waals surface area contributed by atoms with Gasteiger partial charge in [0.05, 0.1) is 5.75 Å². The Hall–Kier alpha value is -1.88. The predicted molar refractivity (Wildman–Crippen MR) is 79.6 cm³/mol. The highest BCUT2D eigenvalue weighted by molar-refractivity contribution is 8.00. The first-order valence-corrected chi connectivity index (χ1v) is 7.60. The molecular weight excluding hydrogens is 292 g/mol. The lowest BCUT2D eigenvalue weighted by Crippen LogP contribution is -2.30. The highest BCUT2D eigenvalue weighted by atomic mass is 32.2. The molecule has 21 heavy (non-hydrogen) atoms. The monoisotopic (exact) mass is 305 g/mol. The van der Waals surface area contributed by atoms with E-state index >= 15 is 0 Å². The van der Waals surface area contributed by atoms with E-state index < -0.39 is 11.6 Å². The molecule has 1 aliphatic rings. The van der Waals surface area contributed by atoms with Crippen molar-refractivity contribution in [1.82, 2.24) is 0 Å². The van der Waals surface area contributed by atoms with Gasteiger partial charge in [-0.25, -0.2) is 8.78 Å². The Balaban J connectivity index is 1.66. The van der Waals surface area contributed by atoms with E-state index in [-0.39, 0.29) is 11.7 Å².